The number of halogens is 3. The fourth-order valence-electron chi connectivity index (χ4n) is 1.06. The van der Waals surface area contributed by atoms with Crippen LogP contribution < -0.4 is 0 Å². The predicted octanol–water partition coefficient (Wildman–Crippen LogP) is 3.61. The summed E-state index contributed by atoms with van der Waals surface area (Å²) in [6, 6.07) is 5.34. The Morgan fingerprint density at radius 2 is 2.15 bits per heavy atom. The molecule has 4 heteroatoms. The number of benzene rings is 1. The molecule has 0 bridgehead atoms. The van der Waals surface area contributed by atoms with E-state index in [1.54, 1.807) is 12.1 Å². The standard InChI is InChI=1S/C9H7BrCl2O/c10-7-1-2-8(9(12)13)6(5-7)3-4-11/h1-2,5H,3-4H2. The molecular formula is C9H7BrCl2O. The third-order valence-corrected chi connectivity index (χ3v) is 2.53. The van der Waals surface area contributed by atoms with Gasteiger partial charge in [0.2, 0.25) is 0 Å². The van der Waals surface area contributed by atoms with E-state index in [1.165, 1.54) is 0 Å². The highest BCUT2D eigenvalue weighted by Gasteiger charge is 2.08. The van der Waals surface area contributed by atoms with Crippen LogP contribution in [0.1, 0.15) is 15.9 Å². The Morgan fingerprint density at radius 1 is 1.46 bits per heavy atom. The summed E-state index contributed by atoms with van der Waals surface area (Å²) in [7, 11) is 0. The van der Waals surface area contributed by atoms with Crippen molar-refractivity contribution < 1.29 is 4.79 Å². The molecule has 1 aromatic rings. The van der Waals surface area contributed by atoms with Crippen molar-refractivity contribution in [2.45, 2.75) is 6.42 Å². The summed E-state index contributed by atoms with van der Waals surface area (Å²) in [5.41, 5.74) is 1.41. The molecule has 1 aromatic carbocycles. The van der Waals surface area contributed by atoms with Gasteiger partial charge in [0.25, 0.3) is 5.24 Å². The maximum absolute atomic E-state index is 11.0. The number of carbonyl (C=O) groups is 1. The van der Waals surface area contributed by atoms with Gasteiger partial charge < -0.3 is 0 Å². The first-order valence-electron chi connectivity index (χ1n) is 3.69. The first kappa shape index (κ1) is 11.0. The molecule has 0 heterocycles. The van der Waals surface area contributed by atoms with E-state index < -0.39 is 5.24 Å². The molecule has 70 valence electrons. The predicted molar refractivity (Wildman–Crippen MR) is 58.7 cm³/mol. The Morgan fingerprint density at radius 3 is 2.69 bits per heavy atom. The molecule has 0 saturated carbocycles. The van der Waals surface area contributed by atoms with E-state index in [0.717, 1.165) is 10.0 Å². The summed E-state index contributed by atoms with van der Waals surface area (Å²) in [5, 5.41) is -0.437. The molecule has 0 N–H and O–H groups in total. The summed E-state index contributed by atoms with van der Waals surface area (Å²) in [6.45, 7) is 0. The van der Waals surface area contributed by atoms with Crippen molar-refractivity contribution in [2.24, 2.45) is 0 Å². The molecule has 0 saturated heterocycles. The van der Waals surface area contributed by atoms with Crippen LogP contribution in [0.3, 0.4) is 0 Å². The second-order valence-corrected chi connectivity index (χ2v) is 4.15. The van der Waals surface area contributed by atoms with E-state index in [0.29, 0.717) is 17.9 Å². The van der Waals surface area contributed by atoms with Crippen LogP contribution in [0.4, 0.5) is 0 Å². The smallest absolute Gasteiger partial charge is 0.252 e. The van der Waals surface area contributed by atoms with Crippen LogP contribution in [0, 0.1) is 0 Å². The molecule has 0 aliphatic carbocycles. The quantitative estimate of drug-likeness (QED) is 0.611. The van der Waals surface area contributed by atoms with E-state index in [-0.39, 0.29) is 0 Å². The van der Waals surface area contributed by atoms with Crippen molar-refractivity contribution in [3.05, 3.63) is 33.8 Å². The SMILES string of the molecule is O=C(Cl)c1ccc(Br)cc1CCCl. The van der Waals surface area contributed by atoms with Gasteiger partial charge in [0.1, 0.15) is 0 Å². The summed E-state index contributed by atoms with van der Waals surface area (Å²) in [4.78, 5) is 11.0. The molecule has 0 aliphatic rings. The maximum Gasteiger partial charge on any atom is 0.252 e. The fraction of sp³-hybridized carbons (Fsp3) is 0.222. The third kappa shape index (κ3) is 2.97. The topological polar surface area (TPSA) is 17.1 Å². The largest absolute Gasteiger partial charge is 0.276 e. The maximum atomic E-state index is 11.0. The Kier molecular flexibility index (Phi) is 4.23. The minimum Gasteiger partial charge on any atom is -0.276 e. The Labute approximate surface area is 95.2 Å². The zero-order valence-electron chi connectivity index (χ0n) is 6.69. The minimum atomic E-state index is -0.437. The Bertz CT molecular complexity index is 325. The lowest BCUT2D eigenvalue weighted by Gasteiger charge is -2.04. The number of aryl methyl sites for hydroxylation is 1. The lowest BCUT2D eigenvalue weighted by molar-refractivity contribution is 0.108. The summed E-state index contributed by atoms with van der Waals surface area (Å²) in [6.07, 6.45) is 0.648. The second kappa shape index (κ2) is 4.99. The molecule has 0 unspecified atom stereocenters. The highest BCUT2D eigenvalue weighted by molar-refractivity contribution is 9.10. The first-order chi connectivity index (χ1) is 6.15. The zero-order valence-corrected chi connectivity index (χ0v) is 9.79. The summed E-state index contributed by atoms with van der Waals surface area (Å²) >= 11 is 14.3. The number of carbonyl (C=O) groups excluding carboxylic acids is 1. The number of rotatable bonds is 3. The van der Waals surface area contributed by atoms with Crippen LogP contribution in [0.2, 0.25) is 0 Å². The molecule has 0 radical (unpaired) electrons. The molecular weight excluding hydrogens is 275 g/mol. The average Bonchev–Trinajstić information content (AvgIpc) is 2.04. The summed E-state index contributed by atoms with van der Waals surface area (Å²) in [5.74, 6) is 0.480. The van der Waals surface area contributed by atoms with Gasteiger partial charge in [-0.3, -0.25) is 4.79 Å². The van der Waals surface area contributed by atoms with Gasteiger partial charge in [0.15, 0.2) is 0 Å². The molecule has 1 nitrogen and oxygen atoms in total. The van der Waals surface area contributed by atoms with Crippen LogP contribution in [0.15, 0.2) is 22.7 Å². The van der Waals surface area contributed by atoms with Crippen LogP contribution in [-0.4, -0.2) is 11.1 Å². The first-order valence-corrected chi connectivity index (χ1v) is 5.40. The van der Waals surface area contributed by atoms with Crippen molar-refractivity contribution in [2.75, 3.05) is 5.88 Å². The number of alkyl halides is 1. The third-order valence-electron chi connectivity index (χ3n) is 1.64. The summed E-state index contributed by atoms with van der Waals surface area (Å²) < 4.78 is 0.925. The van der Waals surface area contributed by atoms with Gasteiger partial charge in [-0.2, -0.15) is 0 Å². The van der Waals surface area contributed by atoms with Gasteiger partial charge in [-0.25, -0.2) is 0 Å². The molecule has 1 rings (SSSR count). The molecule has 0 spiro atoms. The van der Waals surface area contributed by atoms with Crippen molar-refractivity contribution in [3.63, 3.8) is 0 Å². The Hall–Kier alpha value is -0.0500. The highest BCUT2D eigenvalue weighted by atomic mass is 79.9. The minimum absolute atomic E-state index is 0.437. The molecule has 0 atom stereocenters. The van der Waals surface area contributed by atoms with E-state index >= 15 is 0 Å². The van der Waals surface area contributed by atoms with E-state index in [4.69, 9.17) is 23.2 Å². The van der Waals surface area contributed by atoms with E-state index in [9.17, 15) is 4.79 Å². The second-order valence-electron chi connectivity index (χ2n) is 2.51. The lowest BCUT2D eigenvalue weighted by atomic mass is 10.1. The van der Waals surface area contributed by atoms with Crippen LogP contribution in [-0.2, 0) is 6.42 Å². The zero-order chi connectivity index (χ0) is 9.84. The van der Waals surface area contributed by atoms with Gasteiger partial charge >= 0.3 is 0 Å². The van der Waals surface area contributed by atoms with Gasteiger partial charge in [0.05, 0.1) is 0 Å². The van der Waals surface area contributed by atoms with Crippen molar-refractivity contribution in [3.8, 4) is 0 Å². The number of hydrogen-bond acceptors (Lipinski definition) is 1. The van der Waals surface area contributed by atoms with Crippen molar-refractivity contribution >= 4 is 44.4 Å². The van der Waals surface area contributed by atoms with Crippen molar-refractivity contribution in [1.82, 2.24) is 0 Å². The molecule has 0 amide bonds. The lowest BCUT2D eigenvalue weighted by Crippen LogP contribution is -1.98. The van der Waals surface area contributed by atoms with E-state index in [2.05, 4.69) is 15.9 Å². The van der Waals surface area contributed by atoms with Crippen LogP contribution in [0.5, 0.6) is 0 Å². The van der Waals surface area contributed by atoms with Gasteiger partial charge in [-0.1, -0.05) is 15.9 Å². The van der Waals surface area contributed by atoms with Crippen molar-refractivity contribution in [1.29, 1.82) is 0 Å². The highest BCUT2D eigenvalue weighted by Crippen LogP contribution is 2.19. The van der Waals surface area contributed by atoms with Gasteiger partial charge in [-0.05, 0) is 41.8 Å². The number of hydrogen-bond donors (Lipinski definition) is 0. The fourth-order valence-corrected chi connectivity index (χ4v) is 1.86. The molecule has 0 aliphatic heterocycles. The van der Waals surface area contributed by atoms with Crippen LogP contribution >= 0.6 is 39.1 Å². The average molecular weight is 282 g/mol. The van der Waals surface area contributed by atoms with Gasteiger partial charge in [-0.15, -0.1) is 11.6 Å². The Balaban J connectivity index is 3.10. The normalized spacial score (nSPS) is 10.1. The molecule has 13 heavy (non-hydrogen) atoms. The monoisotopic (exact) mass is 280 g/mol. The molecule has 0 aromatic heterocycles. The van der Waals surface area contributed by atoms with Gasteiger partial charge in [0, 0.05) is 15.9 Å². The molecule has 0 fully saturated rings. The van der Waals surface area contributed by atoms with E-state index in [1.807, 2.05) is 6.07 Å². The van der Waals surface area contributed by atoms with Crippen LogP contribution in [0.25, 0.3) is 0 Å².